The van der Waals surface area contributed by atoms with Crippen molar-refractivity contribution in [1.82, 2.24) is 0 Å². The number of carbonyl (C=O) groups excluding carboxylic acids is 2. The van der Waals surface area contributed by atoms with Crippen molar-refractivity contribution in [1.29, 1.82) is 0 Å². The highest BCUT2D eigenvalue weighted by molar-refractivity contribution is 6.01. The Bertz CT molecular complexity index is 731. The van der Waals surface area contributed by atoms with E-state index in [2.05, 4.69) is 10.6 Å². The maximum atomic E-state index is 12.0. The molecule has 0 radical (unpaired) electrons. The van der Waals surface area contributed by atoms with Crippen LogP contribution in [0, 0.1) is 0 Å². The summed E-state index contributed by atoms with van der Waals surface area (Å²) in [7, 11) is 0. The van der Waals surface area contributed by atoms with Gasteiger partial charge in [-0.25, -0.2) is 4.79 Å². The van der Waals surface area contributed by atoms with Crippen molar-refractivity contribution in [3.8, 4) is 5.75 Å². The van der Waals surface area contributed by atoms with Crippen molar-refractivity contribution >= 4 is 29.0 Å². The van der Waals surface area contributed by atoms with E-state index in [0.717, 1.165) is 5.69 Å². The first-order valence-electron chi connectivity index (χ1n) is 7.37. The van der Waals surface area contributed by atoms with Crippen molar-refractivity contribution in [2.24, 2.45) is 0 Å². The van der Waals surface area contributed by atoms with Crippen LogP contribution in [0.5, 0.6) is 5.75 Å². The van der Waals surface area contributed by atoms with Crippen molar-refractivity contribution in [3.05, 3.63) is 48.5 Å². The van der Waals surface area contributed by atoms with Gasteiger partial charge in [0.25, 0.3) is 5.91 Å². The maximum absolute atomic E-state index is 12.0. The Morgan fingerprint density at radius 3 is 2.61 bits per heavy atom. The van der Waals surface area contributed by atoms with Gasteiger partial charge in [-0.2, -0.15) is 0 Å². The normalized spacial score (nSPS) is 13.1. The van der Waals surface area contributed by atoms with E-state index in [-0.39, 0.29) is 18.5 Å². The molecule has 0 spiro atoms. The van der Waals surface area contributed by atoms with Crippen LogP contribution in [0.2, 0.25) is 0 Å². The fourth-order valence-electron chi connectivity index (χ4n) is 2.44. The highest BCUT2D eigenvalue weighted by Gasteiger charge is 2.24. The van der Waals surface area contributed by atoms with E-state index in [1.807, 2.05) is 25.1 Å². The average molecular weight is 311 g/mol. The van der Waals surface area contributed by atoms with Crippen LogP contribution >= 0.6 is 0 Å². The molecular formula is C17H17N3O3. The molecule has 0 saturated carbocycles. The highest BCUT2D eigenvalue weighted by atomic mass is 16.5. The minimum absolute atomic E-state index is 0.0144. The quantitative estimate of drug-likeness (QED) is 0.915. The second-order valence-electron chi connectivity index (χ2n) is 5.05. The number of fused-ring (bicyclic) bond motifs is 1. The minimum Gasteiger partial charge on any atom is -0.481 e. The van der Waals surface area contributed by atoms with E-state index in [1.165, 1.54) is 0 Å². The van der Waals surface area contributed by atoms with Gasteiger partial charge in [0.05, 0.1) is 5.69 Å². The van der Waals surface area contributed by atoms with Gasteiger partial charge >= 0.3 is 6.03 Å². The third kappa shape index (κ3) is 3.26. The molecule has 0 bridgehead atoms. The molecule has 2 aromatic carbocycles. The number of likely N-dealkylation sites (N-methyl/N-ethyl adjacent to an activating group) is 1. The van der Waals surface area contributed by atoms with Gasteiger partial charge in [-0.05, 0) is 31.2 Å². The van der Waals surface area contributed by atoms with Crippen molar-refractivity contribution in [2.75, 3.05) is 28.7 Å². The van der Waals surface area contributed by atoms with Gasteiger partial charge in [-0.1, -0.05) is 18.2 Å². The van der Waals surface area contributed by atoms with Crippen molar-refractivity contribution in [3.63, 3.8) is 0 Å². The number of benzene rings is 2. The van der Waals surface area contributed by atoms with Crippen molar-refractivity contribution in [2.45, 2.75) is 6.92 Å². The van der Waals surface area contributed by atoms with Crippen LogP contribution in [0.3, 0.4) is 0 Å². The zero-order valence-electron chi connectivity index (χ0n) is 12.7. The molecule has 0 atom stereocenters. The lowest BCUT2D eigenvalue weighted by molar-refractivity contribution is -0.121. The van der Waals surface area contributed by atoms with Crippen LogP contribution in [0.15, 0.2) is 48.5 Å². The topological polar surface area (TPSA) is 70.7 Å². The van der Waals surface area contributed by atoms with Crippen LogP contribution in [0.25, 0.3) is 0 Å². The molecule has 6 heteroatoms. The summed E-state index contributed by atoms with van der Waals surface area (Å²) in [5.74, 6) is 0.520. The van der Waals surface area contributed by atoms with Gasteiger partial charge in [0.2, 0.25) is 0 Å². The van der Waals surface area contributed by atoms with Gasteiger partial charge < -0.3 is 20.3 Å². The van der Waals surface area contributed by atoms with E-state index < -0.39 is 0 Å². The summed E-state index contributed by atoms with van der Waals surface area (Å²) in [6, 6.07) is 14.1. The van der Waals surface area contributed by atoms with Crippen LogP contribution in [0.4, 0.5) is 21.9 Å². The number of para-hydroxylation sites is 1. The Morgan fingerprint density at radius 2 is 1.87 bits per heavy atom. The van der Waals surface area contributed by atoms with Crippen LogP contribution in [-0.4, -0.2) is 25.1 Å². The molecule has 1 aliphatic heterocycles. The van der Waals surface area contributed by atoms with Crippen molar-refractivity contribution < 1.29 is 14.3 Å². The number of hydrogen-bond donors (Lipinski definition) is 2. The third-order valence-electron chi connectivity index (χ3n) is 3.51. The van der Waals surface area contributed by atoms with Gasteiger partial charge in [-0.15, -0.1) is 0 Å². The van der Waals surface area contributed by atoms with E-state index >= 15 is 0 Å². The predicted octanol–water partition coefficient (Wildman–Crippen LogP) is 3.08. The lowest BCUT2D eigenvalue weighted by Gasteiger charge is -2.28. The molecule has 6 nitrogen and oxygen atoms in total. The molecule has 0 aromatic heterocycles. The summed E-state index contributed by atoms with van der Waals surface area (Å²) in [5.41, 5.74) is 2.03. The zero-order valence-corrected chi connectivity index (χ0v) is 12.7. The first kappa shape index (κ1) is 14.9. The molecule has 1 aliphatic rings. The Kier molecular flexibility index (Phi) is 4.14. The monoisotopic (exact) mass is 311 g/mol. The maximum Gasteiger partial charge on any atom is 0.323 e. The first-order valence-corrected chi connectivity index (χ1v) is 7.37. The number of hydrogen-bond acceptors (Lipinski definition) is 3. The standard InChI is InChI=1S/C17H17N3O3/c1-2-20-14-9-8-13(10-15(14)23-11-16(20)21)19-17(22)18-12-6-4-3-5-7-12/h3-10H,2,11H2,1H3,(H2,18,19,22). The molecule has 0 unspecified atom stereocenters. The number of nitrogens with one attached hydrogen (secondary N) is 2. The number of carbonyl (C=O) groups is 2. The Labute approximate surface area is 134 Å². The molecule has 0 saturated heterocycles. The highest BCUT2D eigenvalue weighted by Crippen LogP contribution is 2.34. The summed E-state index contributed by atoms with van der Waals surface area (Å²) < 4.78 is 5.45. The molecule has 2 N–H and O–H groups in total. The second kappa shape index (κ2) is 6.39. The molecule has 3 rings (SSSR count). The molecule has 23 heavy (non-hydrogen) atoms. The predicted molar refractivity (Wildman–Crippen MR) is 89.0 cm³/mol. The van der Waals surface area contributed by atoms with Gasteiger partial charge in [0, 0.05) is 24.0 Å². The zero-order chi connectivity index (χ0) is 16.2. The van der Waals surface area contributed by atoms with Gasteiger partial charge in [-0.3, -0.25) is 4.79 Å². The molecule has 2 aromatic rings. The van der Waals surface area contributed by atoms with Gasteiger partial charge in [0.15, 0.2) is 6.61 Å². The SMILES string of the molecule is CCN1C(=O)COc2cc(NC(=O)Nc3ccccc3)ccc21. The van der Waals surface area contributed by atoms with Crippen LogP contribution in [-0.2, 0) is 4.79 Å². The Balaban J connectivity index is 1.72. The summed E-state index contributed by atoms with van der Waals surface area (Å²) in [6.07, 6.45) is 0. The lowest BCUT2D eigenvalue weighted by atomic mass is 10.2. The number of urea groups is 1. The van der Waals surface area contributed by atoms with Gasteiger partial charge in [0.1, 0.15) is 5.75 Å². The molecule has 0 fully saturated rings. The summed E-state index contributed by atoms with van der Waals surface area (Å²) in [4.78, 5) is 25.4. The summed E-state index contributed by atoms with van der Waals surface area (Å²) in [5, 5.41) is 5.49. The number of anilines is 3. The minimum atomic E-state index is -0.338. The first-order chi connectivity index (χ1) is 11.2. The average Bonchev–Trinajstić information content (AvgIpc) is 2.56. The molecule has 1 heterocycles. The number of nitrogens with zero attached hydrogens (tertiary/aromatic N) is 1. The molecule has 118 valence electrons. The van der Waals surface area contributed by atoms with E-state index in [0.29, 0.717) is 23.7 Å². The smallest absolute Gasteiger partial charge is 0.323 e. The Morgan fingerprint density at radius 1 is 1.13 bits per heavy atom. The summed E-state index contributed by atoms with van der Waals surface area (Å²) in [6.45, 7) is 2.50. The van der Waals surface area contributed by atoms with E-state index in [9.17, 15) is 9.59 Å². The number of amides is 3. The Hall–Kier alpha value is -3.02. The van der Waals surface area contributed by atoms with Crippen LogP contribution in [0.1, 0.15) is 6.92 Å². The second-order valence-corrected chi connectivity index (χ2v) is 5.05. The third-order valence-corrected chi connectivity index (χ3v) is 3.51. The number of rotatable bonds is 3. The lowest BCUT2D eigenvalue weighted by Crippen LogP contribution is -2.38. The largest absolute Gasteiger partial charge is 0.481 e. The summed E-state index contributed by atoms with van der Waals surface area (Å²) >= 11 is 0. The fraction of sp³-hybridized carbons (Fsp3) is 0.176. The van der Waals surface area contributed by atoms with E-state index in [1.54, 1.807) is 35.2 Å². The van der Waals surface area contributed by atoms with E-state index in [4.69, 9.17) is 4.74 Å². The number of ether oxygens (including phenoxy) is 1. The van der Waals surface area contributed by atoms with Crippen LogP contribution < -0.4 is 20.3 Å². The molecular weight excluding hydrogens is 294 g/mol. The molecule has 0 aliphatic carbocycles. The fourth-order valence-corrected chi connectivity index (χ4v) is 2.44. The molecule has 3 amide bonds.